The zero-order chi connectivity index (χ0) is 15.0. The lowest BCUT2D eigenvalue weighted by Gasteiger charge is -2.27. The van der Waals surface area contributed by atoms with Gasteiger partial charge < -0.3 is 10.2 Å². The van der Waals surface area contributed by atoms with Crippen molar-refractivity contribution < 1.29 is 0 Å². The van der Waals surface area contributed by atoms with Crippen molar-refractivity contribution >= 4 is 17.4 Å². The monoisotopic (exact) mass is 294 g/mol. The fraction of sp³-hybridized carbons (Fsp3) is 0.647. The van der Waals surface area contributed by atoms with E-state index in [1.54, 1.807) is 0 Å². The summed E-state index contributed by atoms with van der Waals surface area (Å²) in [5, 5.41) is 3.53. The number of nitrogens with one attached hydrogen (secondary N) is 1. The number of hydrogen-bond acceptors (Lipinski definition) is 3. The summed E-state index contributed by atoms with van der Waals surface area (Å²) >= 11 is 1.92. The normalized spacial score (nSPS) is 14.1. The van der Waals surface area contributed by atoms with Crippen LogP contribution in [-0.2, 0) is 0 Å². The number of anilines is 1. The molecule has 1 aromatic rings. The Labute approximate surface area is 129 Å². The first-order valence-corrected chi connectivity index (χ1v) is 9.04. The highest BCUT2D eigenvalue weighted by atomic mass is 32.2. The Morgan fingerprint density at radius 2 is 1.85 bits per heavy atom. The fourth-order valence-electron chi connectivity index (χ4n) is 2.21. The third kappa shape index (κ3) is 5.37. The molecule has 0 spiro atoms. The van der Waals surface area contributed by atoms with Gasteiger partial charge in [0.1, 0.15) is 0 Å². The quantitative estimate of drug-likeness (QED) is 0.730. The zero-order valence-corrected chi connectivity index (χ0v) is 14.5. The summed E-state index contributed by atoms with van der Waals surface area (Å²) in [4.78, 5) is 2.38. The van der Waals surface area contributed by atoms with E-state index >= 15 is 0 Å². The number of hydrogen-bond donors (Lipinski definition) is 1. The lowest BCUT2D eigenvalue weighted by molar-refractivity contribution is 0.570. The van der Waals surface area contributed by atoms with Crippen molar-refractivity contribution in [3.05, 3.63) is 29.8 Å². The molecule has 0 aliphatic rings. The third-order valence-electron chi connectivity index (χ3n) is 3.90. The highest BCUT2D eigenvalue weighted by Gasteiger charge is 2.10. The largest absolute Gasteiger partial charge is 0.372 e. The molecule has 114 valence electrons. The van der Waals surface area contributed by atoms with Crippen LogP contribution in [0.5, 0.6) is 0 Å². The van der Waals surface area contributed by atoms with Gasteiger partial charge in [0.15, 0.2) is 0 Å². The molecule has 0 saturated heterocycles. The molecule has 2 nitrogen and oxygen atoms in total. The van der Waals surface area contributed by atoms with Gasteiger partial charge in [-0.2, -0.15) is 11.8 Å². The molecule has 1 N–H and O–H groups in total. The van der Waals surface area contributed by atoms with Crippen LogP contribution in [0, 0.1) is 0 Å². The summed E-state index contributed by atoms with van der Waals surface area (Å²) in [5.41, 5.74) is 2.68. The van der Waals surface area contributed by atoms with E-state index in [2.05, 4.69) is 68.6 Å². The molecule has 0 heterocycles. The van der Waals surface area contributed by atoms with Gasteiger partial charge in [-0.05, 0) is 62.9 Å². The summed E-state index contributed by atoms with van der Waals surface area (Å²) in [5.74, 6) is 1.22. The topological polar surface area (TPSA) is 15.3 Å². The Morgan fingerprint density at radius 3 is 2.40 bits per heavy atom. The van der Waals surface area contributed by atoms with Gasteiger partial charge in [0.05, 0.1) is 0 Å². The van der Waals surface area contributed by atoms with E-state index in [1.807, 2.05) is 11.8 Å². The summed E-state index contributed by atoms with van der Waals surface area (Å²) in [7, 11) is 2.19. The summed E-state index contributed by atoms with van der Waals surface area (Å²) in [6.07, 6.45) is 4.58. The maximum absolute atomic E-state index is 3.53. The summed E-state index contributed by atoms with van der Waals surface area (Å²) < 4.78 is 0. The molecule has 2 unspecified atom stereocenters. The van der Waals surface area contributed by atoms with Crippen LogP contribution in [0.3, 0.4) is 0 Å². The minimum atomic E-state index is 0.434. The molecular formula is C17H30N2S. The molecule has 1 rings (SSSR count). The van der Waals surface area contributed by atoms with Crippen LogP contribution in [0.2, 0.25) is 0 Å². The first kappa shape index (κ1) is 17.4. The number of thioether (sulfide) groups is 1. The van der Waals surface area contributed by atoms with E-state index in [0.717, 1.165) is 6.54 Å². The first-order valence-electron chi connectivity index (χ1n) is 7.65. The van der Waals surface area contributed by atoms with Crippen LogP contribution in [-0.4, -0.2) is 31.6 Å². The zero-order valence-electron chi connectivity index (χ0n) is 13.6. The standard InChI is InChI=1S/C17H30N2S/c1-6-12-18-15(3)16-7-9-17(10-8-16)19(4)14(2)11-13-20-5/h7-10,14-15,18H,6,11-13H2,1-5H3. The molecular weight excluding hydrogens is 264 g/mol. The number of nitrogens with zero attached hydrogens (tertiary/aromatic N) is 1. The molecule has 1 aromatic carbocycles. The Hall–Kier alpha value is -0.670. The summed E-state index contributed by atoms with van der Waals surface area (Å²) in [6, 6.07) is 10.0. The van der Waals surface area contributed by atoms with E-state index in [-0.39, 0.29) is 0 Å². The Kier molecular flexibility index (Phi) is 8.08. The van der Waals surface area contributed by atoms with Crippen molar-refractivity contribution in [3.8, 4) is 0 Å². The van der Waals surface area contributed by atoms with Gasteiger partial charge in [-0.3, -0.25) is 0 Å². The van der Waals surface area contributed by atoms with Gasteiger partial charge >= 0.3 is 0 Å². The van der Waals surface area contributed by atoms with E-state index in [4.69, 9.17) is 0 Å². The van der Waals surface area contributed by atoms with Crippen LogP contribution in [0.4, 0.5) is 5.69 Å². The number of benzene rings is 1. The van der Waals surface area contributed by atoms with Gasteiger partial charge in [0, 0.05) is 24.8 Å². The average Bonchev–Trinajstić information content (AvgIpc) is 2.49. The van der Waals surface area contributed by atoms with Gasteiger partial charge in [0.2, 0.25) is 0 Å². The summed E-state index contributed by atoms with van der Waals surface area (Å²) in [6.45, 7) is 7.81. The lowest BCUT2D eigenvalue weighted by atomic mass is 10.1. The van der Waals surface area contributed by atoms with E-state index in [1.165, 1.54) is 29.8 Å². The van der Waals surface area contributed by atoms with Crippen molar-refractivity contribution in [1.82, 2.24) is 5.32 Å². The average molecular weight is 295 g/mol. The first-order chi connectivity index (χ1) is 9.60. The molecule has 0 radical (unpaired) electrons. The predicted molar refractivity (Wildman–Crippen MR) is 94.0 cm³/mol. The minimum absolute atomic E-state index is 0.434. The second-order valence-electron chi connectivity index (χ2n) is 5.51. The molecule has 0 bridgehead atoms. The highest BCUT2D eigenvalue weighted by molar-refractivity contribution is 7.98. The SMILES string of the molecule is CCCNC(C)c1ccc(N(C)C(C)CCSC)cc1. The predicted octanol–water partition coefficient (Wildman–Crippen LogP) is 4.33. The smallest absolute Gasteiger partial charge is 0.0366 e. The van der Waals surface area contributed by atoms with Crippen LogP contribution in [0.15, 0.2) is 24.3 Å². The fourth-order valence-corrected chi connectivity index (χ4v) is 2.79. The molecule has 0 amide bonds. The molecule has 0 aromatic heterocycles. The molecule has 3 heteroatoms. The molecule has 2 atom stereocenters. The third-order valence-corrected chi connectivity index (χ3v) is 4.55. The second-order valence-corrected chi connectivity index (χ2v) is 6.49. The van der Waals surface area contributed by atoms with E-state index < -0.39 is 0 Å². The minimum Gasteiger partial charge on any atom is -0.372 e. The molecule has 0 aliphatic heterocycles. The van der Waals surface area contributed by atoms with Gasteiger partial charge in [-0.15, -0.1) is 0 Å². The van der Waals surface area contributed by atoms with Gasteiger partial charge in [-0.1, -0.05) is 19.1 Å². The van der Waals surface area contributed by atoms with Crippen LogP contribution in [0.25, 0.3) is 0 Å². The maximum Gasteiger partial charge on any atom is 0.0366 e. The van der Waals surface area contributed by atoms with E-state index in [9.17, 15) is 0 Å². The van der Waals surface area contributed by atoms with Crippen LogP contribution >= 0.6 is 11.8 Å². The van der Waals surface area contributed by atoms with Gasteiger partial charge in [0.25, 0.3) is 0 Å². The Morgan fingerprint density at radius 1 is 1.20 bits per heavy atom. The van der Waals surface area contributed by atoms with E-state index in [0.29, 0.717) is 12.1 Å². The second kappa shape index (κ2) is 9.30. The Bertz CT molecular complexity index is 364. The lowest BCUT2D eigenvalue weighted by Crippen LogP contribution is -2.29. The van der Waals surface area contributed by atoms with Crippen molar-refractivity contribution in [2.24, 2.45) is 0 Å². The molecule has 0 aliphatic carbocycles. The van der Waals surface area contributed by atoms with Crippen molar-refractivity contribution in [3.63, 3.8) is 0 Å². The van der Waals surface area contributed by atoms with Gasteiger partial charge in [-0.25, -0.2) is 0 Å². The van der Waals surface area contributed by atoms with Crippen LogP contribution < -0.4 is 10.2 Å². The van der Waals surface area contributed by atoms with Crippen LogP contribution in [0.1, 0.15) is 45.2 Å². The maximum atomic E-state index is 3.53. The molecule has 0 saturated carbocycles. The van der Waals surface area contributed by atoms with Crippen molar-refractivity contribution in [2.75, 3.05) is 30.5 Å². The molecule has 0 fully saturated rings. The highest BCUT2D eigenvalue weighted by Crippen LogP contribution is 2.21. The Balaban J connectivity index is 2.60. The van der Waals surface area contributed by atoms with Crippen molar-refractivity contribution in [1.29, 1.82) is 0 Å². The molecule has 20 heavy (non-hydrogen) atoms. The van der Waals surface area contributed by atoms with Crippen molar-refractivity contribution in [2.45, 2.75) is 45.7 Å². The number of rotatable bonds is 9.